The fraction of sp³-hybridized carbons (Fsp3) is 0.346. The van der Waals surface area contributed by atoms with Crippen LogP contribution in [-0.2, 0) is 6.54 Å². The summed E-state index contributed by atoms with van der Waals surface area (Å²) in [5.74, 6) is 1.41. The first-order valence-electron chi connectivity index (χ1n) is 11.5. The molecule has 1 N–H and O–H groups in total. The molecule has 0 aliphatic carbocycles. The number of hydrogen-bond acceptors (Lipinski definition) is 3. The Kier molecular flexibility index (Phi) is 7.07. The monoisotopic (exact) mass is 445 g/mol. The smallest absolute Gasteiger partial charge is 0.321 e. The van der Waals surface area contributed by atoms with Crippen molar-refractivity contribution in [3.8, 4) is 0 Å². The molecule has 7 nitrogen and oxygen atoms in total. The van der Waals surface area contributed by atoms with Gasteiger partial charge in [0, 0.05) is 62.3 Å². The molecule has 1 fully saturated rings. The molecule has 2 aromatic carbocycles. The van der Waals surface area contributed by atoms with Crippen molar-refractivity contribution in [3.63, 3.8) is 0 Å². The van der Waals surface area contributed by atoms with Crippen molar-refractivity contribution in [1.29, 1.82) is 0 Å². The molecule has 1 aliphatic heterocycles. The second-order valence-electron chi connectivity index (χ2n) is 8.70. The molecule has 0 spiro atoms. The number of anilines is 1. The van der Waals surface area contributed by atoms with Gasteiger partial charge in [-0.15, -0.1) is 0 Å². The Hall–Kier alpha value is -3.61. The summed E-state index contributed by atoms with van der Waals surface area (Å²) in [7, 11) is 0. The van der Waals surface area contributed by atoms with Crippen LogP contribution < -0.4 is 5.32 Å². The summed E-state index contributed by atoms with van der Waals surface area (Å²) >= 11 is 0. The lowest BCUT2D eigenvalue weighted by Gasteiger charge is -2.22. The van der Waals surface area contributed by atoms with Gasteiger partial charge in [-0.2, -0.15) is 0 Å². The average Bonchev–Trinajstić information content (AvgIpc) is 3.14. The highest BCUT2D eigenvalue weighted by Gasteiger charge is 2.23. The minimum atomic E-state index is -0.133. The first kappa shape index (κ1) is 22.6. The second-order valence-corrected chi connectivity index (χ2v) is 8.70. The molecule has 3 aromatic rings. The Balaban J connectivity index is 1.36. The maximum atomic E-state index is 12.9. The van der Waals surface area contributed by atoms with Crippen LogP contribution in [0.5, 0.6) is 0 Å². The predicted octanol–water partition coefficient (Wildman–Crippen LogP) is 4.43. The summed E-state index contributed by atoms with van der Waals surface area (Å²) in [4.78, 5) is 33.8. The van der Waals surface area contributed by atoms with E-state index in [2.05, 4.69) is 34.8 Å². The number of carbonyl (C=O) groups is 2. The van der Waals surface area contributed by atoms with Crippen molar-refractivity contribution < 1.29 is 9.59 Å². The molecule has 0 radical (unpaired) electrons. The minimum Gasteiger partial charge on any atom is -0.337 e. The third kappa shape index (κ3) is 5.61. The van der Waals surface area contributed by atoms with Gasteiger partial charge in [0.25, 0.3) is 5.91 Å². The van der Waals surface area contributed by atoms with Crippen molar-refractivity contribution in [3.05, 3.63) is 83.9 Å². The van der Waals surface area contributed by atoms with E-state index in [-0.39, 0.29) is 11.9 Å². The largest absolute Gasteiger partial charge is 0.337 e. The van der Waals surface area contributed by atoms with Crippen LogP contribution >= 0.6 is 0 Å². The quantitative estimate of drug-likeness (QED) is 0.631. The van der Waals surface area contributed by atoms with Crippen molar-refractivity contribution in [2.24, 2.45) is 0 Å². The molecule has 4 rings (SSSR count). The molecule has 0 atom stereocenters. The Morgan fingerprint density at radius 1 is 0.970 bits per heavy atom. The summed E-state index contributed by atoms with van der Waals surface area (Å²) in [6.07, 6.45) is 4.57. The summed E-state index contributed by atoms with van der Waals surface area (Å²) in [6.45, 7) is 7.28. The topological polar surface area (TPSA) is 70.5 Å². The third-order valence-corrected chi connectivity index (χ3v) is 5.89. The van der Waals surface area contributed by atoms with Crippen LogP contribution in [0.4, 0.5) is 10.5 Å². The van der Waals surface area contributed by atoms with Gasteiger partial charge in [0.05, 0.1) is 0 Å². The highest BCUT2D eigenvalue weighted by Crippen LogP contribution is 2.17. The first-order chi connectivity index (χ1) is 16.0. The van der Waals surface area contributed by atoms with E-state index in [4.69, 9.17) is 0 Å². The lowest BCUT2D eigenvalue weighted by atomic mass is 10.1. The van der Waals surface area contributed by atoms with Crippen LogP contribution in [0, 0.1) is 0 Å². The molecular weight excluding hydrogens is 414 g/mol. The third-order valence-electron chi connectivity index (χ3n) is 5.89. The molecule has 1 aromatic heterocycles. The molecule has 0 bridgehead atoms. The van der Waals surface area contributed by atoms with E-state index in [9.17, 15) is 9.59 Å². The number of carbonyl (C=O) groups excluding carboxylic acids is 2. The van der Waals surface area contributed by atoms with Crippen molar-refractivity contribution >= 4 is 17.6 Å². The van der Waals surface area contributed by atoms with Crippen LogP contribution in [0.15, 0.2) is 67.0 Å². The zero-order valence-electron chi connectivity index (χ0n) is 19.3. The van der Waals surface area contributed by atoms with E-state index < -0.39 is 0 Å². The van der Waals surface area contributed by atoms with Crippen molar-refractivity contribution in [1.82, 2.24) is 19.4 Å². The fourth-order valence-electron chi connectivity index (χ4n) is 4.19. The number of amides is 3. The Labute approximate surface area is 195 Å². The predicted molar refractivity (Wildman–Crippen MR) is 129 cm³/mol. The molecule has 33 heavy (non-hydrogen) atoms. The number of imidazole rings is 1. The second kappa shape index (κ2) is 10.3. The van der Waals surface area contributed by atoms with Gasteiger partial charge in [0.1, 0.15) is 5.82 Å². The normalized spacial score (nSPS) is 14.3. The SMILES string of the molecule is CC(C)c1nccn1Cc1cccc(NC(=O)N2CCCN(C(=O)c3ccccc3)CC2)c1. The van der Waals surface area contributed by atoms with E-state index in [1.807, 2.05) is 65.8 Å². The maximum Gasteiger partial charge on any atom is 0.321 e. The summed E-state index contributed by atoms with van der Waals surface area (Å²) in [5, 5.41) is 3.03. The number of aromatic nitrogens is 2. The van der Waals surface area contributed by atoms with Crippen molar-refractivity contribution in [2.45, 2.75) is 32.7 Å². The Morgan fingerprint density at radius 2 is 1.73 bits per heavy atom. The zero-order chi connectivity index (χ0) is 23.2. The van der Waals surface area contributed by atoms with Gasteiger partial charge in [-0.25, -0.2) is 9.78 Å². The van der Waals surface area contributed by atoms with Crippen LogP contribution in [0.1, 0.15) is 47.9 Å². The molecule has 1 saturated heterocycles. The maximum absolute atomic E-state index is 12.9. The van der Waals surface area contributed by atoms with Gasteiger partial charge in [-0.1, -0.05) is 44.2 Å². The zero-order valence-corrected chi connectivity index (χ0v) is 19.3. The first-order valence-corrected chi connectivity index (χ1v) is 11.5. The van der Waals surface area contributed by atoms with Gasteiger partial charge >= 0.3 is 6.03 Å². The number of benzene rings is 2. The Bertz CT molecular complexity index is 1090. The van der Waals surface area contributed by atoms with Crippen molar-refractivity contribution in [2.75, 3.05) is 31.5 Å². The summed E-state index contributed by atoms with van der Waals surface area (Å²) in [5.41, 5.74) is 2.55. The van der Waals surface area contributed by atoms with Crippen LogP contribution in [0.3, 0.4) is 0 Å². The standard InChI is InChI=1S/C26H31N5O2/c1-20(2)24-27-12-15-31(24)19-21-8-6-11-23(18-21)28-26(33)30-14-7-13-29(16-17-30)25(32)22-9-4-3-5-10-22/h3-6,8-12,15,18,20H,7,13-14,16-17,19H2,1-2H3,(H,28,33). The lowest BCUT2D eigenvalue weighted by Crippen LogP contribution is -2.39. The number of nitrogens with zero attached hydrogens (tertiary/aromatic N) is 4. The van der Waals surface area contributed by atoms with Gasteiger partial charge in [0.2, 0.25) is 0 Å². The van der Waals surface area contributed by atoms with E-state index in [0.717, 1.165) is 23.5 Å². The molecule has 7 heteroatoms. The molecule has 3 amide bonds. The number of urea groups is 1. The molecule has 1 aliphatic rings. The van der Waals surface area contributed by atoms with Crippen LogP contribution in [-0.4, -0.2) is 57.5 Å². The van der Waals surface area contributed by atoms with Gasteiger partial charge < -0.3 is 19.7 Å². The lowest BCUT2D eigenvalue weighted by molar-refractivity contribution is 0.0762. The number of hydrogen-bond donors (Lipinski definition) is 1. The minimum absolute atomic E-state index is 0.0193. The van der Waals surface area contributed by atoms with E-state index in [1.165, 1.54) is 0 Å². The van der Waals surface area contributed by atoms with E-state index >= 15 is 0 Å². The molecule has 0 unspecified atom stereocenters. The van der Waals surface area contributed by atoms with Gasteiger partial charge in [-0.05, 0) is 36.2 Å². The van der Waals surface area contributed by atoms with E-state index in [1.54, 1.807) is 4.90 Å². The fourth-order valence-corrected chi connectivity index (χ4v) is 4.19. The molecule has 172 valence electrons. The number of rotatable bonds is 5. The number of nitrogens with one attached hydrogen (secondary N) is 1. The average molecular weight is 446 g/mol. The Morgan fingerprint density at radius 3 is 2.52 bits per heavy atom. The molecule has 2 heterocycles. The highest BCUT2D eigenvalue weighted by atomic mass is 16.2. The highest BCUT2D eigenvalue weighted by molar-refractivity contribution is 5.94. The summed E-state index contributed by atoms with van der Waals surface area (Å²) in [6, 6.07) is 17.1. The van der Waals surface area contributed by atoms with E-state index in [0.29, 0.717) is 44.2 Å². The van der Waals surface area contributed by atoms with Gasteiger partial charge in [0.15, 0.2) is 0 Å². The van der Waals surface area contributed by atoms with Crippen LogP contribution in [0.2, 0.25) is 0 Å². The molecule has 0 saturated carbocycles. The van der Waals surface area contributed by atoms with Gasteiger partial charge in [-0.3, -0.25) is 4.79 Å². The van der Waals surface area contributed by atoms with Crippen LogP contribution in [0.25, 0.3) is 0 Å². The summed E-state index contributed by atoms with van der Waals surface area (Å²) < 4.78 is 2.14. The molecular formula is C26H31N5O2.